The van der Waals surface area contributed by atoms with Crippen molar-refractivity contribution < 1.29 is 8.42 Å². The number of hydrogen-bond acceptors (Lipinski definition) is 4. The van der Waals surface area contributed by atoms with Crippen LogP contribution in [-0.4, -0.2) is 23.5 Å². The molecule has 3 rings (SSSR count). The molecule has 0 fully saturated rings. The van der Waals surface area contributed by atoms with Crippen LogP contribution >= 0.6 is 0 Å². The largest absolute Gasteiger partial charge is 0.276 e. The lowest BCUT2D eigenvalue weighted by Gasteiger charge is -2.17. The summed E-state index contributed by atoms with van der Waals surface area (Å²) in [5, 5.41) is 8.04. The van der Waals surface area contributed by atoms with E-state index in [1.54, 1.807) is 30.3 Å². The molecule has 2 aromatic rings. The number of fused-ring (bicyclic) bond motifs is 1. The van der Waals surface area contributed by atoms with Crippen molar-refractivity contribution in [2.45, 2.75) is 37.0 Å². The van der Waals surface area contributed by atoms with E-state index in [-0.39, 0.29) is 4.90 Å². The van der Waals surface area contributed by atoms with E-state index in [1.807, 2.05) is 0 Å². The standard InChI is InChI=1S/C13H16N4O2S/c1-10-6-5-9-12-13(10)14-15-17(12)16-20(18,19)11-7-3-2-4-8-11/h2-4,7-8,10,16H,5-6,9H2,1H3. The monoisotopic (exact) mass is 292 g/mol. The minimum atomic E-state index is -3.62. The molecule has 1 aromatic carbocycles. The summed E-state index contributed by atoms with van der Waals surface area (Å²) in [6.07, 6.45) is 2.88. The Morgan fingerprint density at radius 1 is 1.30 bits per heavy atom. The Labute approximate surface area is 117 Å². The molecule has 0 amide bonds. The third kappa shape index (κ3) is 2.29. The third-order valence-electron chi connectivity index (χ3n) is 3.57. The van der Waals surface area contributed by atoms with E-state index in [2.05, 4.69) is 22.1 Å². The molecule has 0 saturated carbocycles. The van der Waals surface area contributed by atoms with Gasteiger partial charge in [0, 0.05) is 5.92 Å². The summed E-state index contributed by atoms with van der Waals surface area (Å²) >= 11 is 0. The fourth-order valence-electron chi connectivity index (χ4n) is 2.48. The lowest BCUT2D eigenvalue weighted by atomic mass is 9.92. The van der Waals surface area contributed by atoms with Gasteiger partial charge in [-0.25, -0.2) is 0 Å². The summed E-state index contributed by atoms with van der Waals surface area (Å²) in [7, 11) is -3.62. The SMILES string of the molecule is CC1CCCc2c1nnn2NS(=O)(=O)c1ccccc1. The zero-order chi connectivity index (χ0) is 14.2. The van der Waals surface area contributed by atoms with Crippen molar-refractivity contribution >= 4 is 10.0 Å². The van der Waals surface area contributed by atoms with Crippen molar-refractivity contribution in [1.29, 1.82) is 0 Å². The molecular weight excluding hydrogens is 276 g/mol. The highest BCUT2D eigenvalue weighted by Gasteiger charge is 2.25. The molecule has 1 heterocycles. The van der Waals surface area contributed by atoms with Gasteiger partial charge in [-0.05, 0) is 36.6 Å². The van der Waals surface area contributed by atoms with Crippen molar-refractivity contribution in [1.82, 2.24) is 15.1 Å². The van der Waals surface area contributed by atoms with Crippen LogP contribution < -0.4 is 4.83 Å². The van der Waals surface area contributed by atoms with Crippen LogP contribution in [0.15, 0.2) is 35.2 Å². The highest BCUT2D eigenvalue weighted by molar-refractivity contribution is 7.92. The predicted molar refractivity (Wildman–Crippen MR) is 74.4 cm³/mol. The molecule has 0 radical (unpaired) electrons. The molecule has 20 heavy (non-hydrogen) atoms. The average Bonchev–Trinajstić information content (AvgIpc) is 2.84. The van der Waals surface area contributed by atoms with Crippen molar-refractivity contribution in [2.24, 2.45) is 0 Å². The minimum Gasteiger partial charge on any atom is -0.200 e. The number of nitrogens with one attached hydrogen (secondary N) is 1. The summed E-state index contributed by atoms with van der Waals surface area (Å²) in [5.41, 5.74) is 1.76. The molecule has 106 valence electrons. The minimum absolute atomic E-state index is 0.216. The number of nitrogens with zero attached hydrogens (tertiary/aromatic N) is 3. The van der Waals surface area contributed by atoms with Crippen molar-refractivity contribution in [3.63, 3.8) is 0 Å². The first-order valence-electron chi connectivity index (χ1n) is 6.60. The van der Waals surface area contributed by atoms with Gasteiger partial charge in [0.25, 0.3) is 10.0 Å². The molecule has 7 heteroatoms. The lowest BCUT2D eigenvalue weighted by molar-refractivity contribution is 0.560. The molecule has 0 spiro atoms. The molecule has 1 aromatic heterocycles. The summed E-state index contributed by atoms with van der Waals surface area (Å²) < 4.78 is 24.5. The first-order valence-corrected chi connectivity index (χ1v) is 8.08. The van der Waals surface area contributed by atoms with E-state index in [0.29, 0.717) is 5.92 Å². The molecule has 1 atom stereocenters. The molecule has 0 bridgehead atoms. The van der Waals surface area contributed by atoms with Crippen molar-refractivity contribution in [2.75, 3.05) is 4.83 Å². The van der Waals surface area contributed by atoms with Crippen LogP contribution in [0.4, 0.5) is 0 Å². The molecule has 6 nitrogen and oxygen atoms in total. The average molecular weight is 292 g/mol. The maximum atomic E-state index is 12.3. The van der Waals surface area contributed by atoms with Gasteiger partial charge in [0.15, 0.2) is 0 Å². The molecule has 0 aliphatic heterocycles. The van der Waals surface area contributed by atoms with Gasteiger partial charge in [0.1, 0.15) is 0 Å². The molecule has 1 aliphatic rings. The summed E-state index contributed by atoms with van der Waals surface area (Å²) in [6.45, 7) is 2.09. The smallest absolute Gasteiger partial charge is 0.200 e. The summed E-state index contributed by atoms with van der Waals surface area (Å²) in [4.78, 5) is 3.99. The zero-order valence-corrected chi connectivity index (χ0v) is 12.0. The van der Waals surface area contributed by atoms with Crippen LogP contribution in [0, 0.1) is 0 Å². The van der Waals surface area contributed by atoms with E-state index in [4.69, 9.17) is 0 Å². The molecule has 1 unspecified atom stereocenters. The van der Waals surface area contributed by atoms with Gasteiger partial charge in [-0.15, -0.1) is 9.89 Å². The second kappa shape index (κ2) is 4.90. The van der Waals surface area contributed by atoms with Gasteiger partial charge >= 0.3 is 0 Å². The third-order valence-corrected chi connectivity index (χ3v) is 4.88. The highest BCUT2D eigenvalue weighted by Crippen LogP contribution is 2.28. The predicted octanol–water partition coefficient (Wildman–Crippen LogP) is 1.65. The number of sulfonamides is 1. The number of rotatable bonds is 3. The van der Waals surface area contributed by atoms with Crippen LogP contribution in [0.25, 0.3) is 0 Å². The van der Waals surface area contributed by atoms with E-state index < -0.39 is 10.0 Å². The molecule has 1 N–H and O–H groups in total. The van der Waals surface area contributed by atoms with Gasteiger partial charge in [-0.3, -0.25) is 0 Å². The Morgan fingerprint density at radius 2 is 2.05 bits per heavy atom. The normalized spacial score (nSPS) is 18.6. The Hall–Kier alpha value is -1.89. The summed E-state index contributed by atoms with van der Waals surface area (Å²) in [6, 6.07) is 8.25. The van der Waals surface area contributed by atoms with Gasteiger partial charge in [-0.2, -0.15) is 13.2 Å². The fourth-order valence-corrected chi connectivity index (χ4v) is 3.48. The maximum Gasteiger partial charge on any atom is 0.276 e. The van der Waals surface area contributed by atoms with Crippen LogP contribution in [0.3, 0.4) is 0 Å². The van der Waals surface area contributed by atoms with Gasteiger partial charge in [0.2, 0.25) is 0 Å². The number of hydrogen-bond donors (Lipinski definition) is 1. The van der Waals surface area contributed by atoms with Crippen LogP contribution in [0.2, 0.25) is 0 Å². The van der Waals surface area contributed by atoms with Crippen molar-refractivity contribution in [3.8, 4) is 0 Å². The Balaban J connectivity index is 1.93. The topological polar surface area (TPSA) is 76.9 Å². The molecule has 0 saturated heterocycles. The van der Waals surface area contributed by atoms with E-state index in [1.165, 1.54) is 4.79 Å². The van der Waals surface area contributed by atoms with E-state index in [0.717, 1.165) is 30.7 Å². The maximum absolute atomic E-state index is 12.3. The number of benzene rings is 1. The lowest BCUT2D eigenvalue weighted by Crippen LogP contribution is -2.27. The second-order valence-corrected chi connectivity index (χ2v) is 6.70. The van der Waals surface area contributed by atoms with Crippen LogP contribution in [0.5, 0.6) is 0 Å². The van der Waals surface area contributed by atoms with Gasteiger partial charge in [0.05, 0.1) is 16.3 Å². The molecular formula is C13H16N4O2S. The van der Waals surface area contributed by atoms with Crippen LogP contribution in [-0.2, 0) is 16.4 Å². The Kier molecular flexibility index (Phi) is 3.21. The van der Waals surface area contributed by atoms with Crippen molar-refractivity contribution in [3.05, 3.63) is 41.7 Å². The number of aromatic nitrogens is 3. The summed E-state index contributed by atoms with van der Waals surface area (Å²) in [5.74, 6) is 0.328. The highest BCUT2D eigenvalue weighted by atomic mass is 32.2. The van der Waals surface area contributed by atoms with E-state index >= 15 is 0 Å². The van der Waals surface area contributed by atoms with Crippen LogP contribution in [0.1, 0.15) is 37.1 Å². The Morgan fingerprint density at radius 3 is 2.80 bits per heavy atom. The molecule has 1 aliphatic carbocycles. The first-order chi connectivity index (χ1) is 9.58. The van der Waals surface area contributed by atoms with Gasteiger partial charge < -0.3 is 0 Å². The van der Waals surface area contributed by atoms with Gasteiger partial charge in [-0.1, -0.05) is 25.1 Å². The Bertz CT molecular complexity index is 709. The zero-order valence-electron chi connectivity index (χ0n) is 11.2. The fraction of sp³-hybridized carbons (Fsp3) is 0.385. The first kappa shape index (κ1) is 13.1. The quantitative estimate of drug-likeness (QED) is 0.933. The second-order valence-electron chi connectivity index (χ2n) is 5.03. The van der Waals surface area contributed by atoms with E-state index in [9.17, 15) is 8.42 Å².